The Labute approximate surface area is 65.7 Å². The Kier molecular flexibility index (Phi) is 5.30. The van der Waals surface area contributed by atoms with Crippen molar-refractivity contribution < 1.29 is 14.3 Å². The third-order valence-electron chi connectivity index (χ3n) is 1.42. The molecule has 0 spiro atoms. The van der Waals surface area contributed by atoms with Crippen molar-refractivity contribution in [2.45, 2.75) is 0 Å². The van der Waals surface area contributed by atoms with E-state index >= 15 is 0 Å². The van der Waals surface area contributed by atoms with E-state index in [1.807, 2.05) is 0 Å². The number of ether oxygens (including phenoxy) is 1. The second-order valence-corrected chi connectivity index (χ2v) is 2.49. The van der Waals surface area contributed by atoms with Gasteiger partial charge in [-0.05, 0) is 0 Å². The number of rotatable bonds is 0. The summed E-state index contributed by atoms with van der Waals surface area (Å²) in [4.78, 5) is 3.25. The Morgan fingerprint density at radius 3 is 1.91 bits per heavy atom. The molecule has 68 valence electrons. The molecule has 0 bridgehead atoms. The van der Waals surface area contributed by atoms with Crippen LogP contribution in [-0.4, -0.2) is 38.0 Å². The summed E-state index contributed by atoms with van der Waals surface area (Å²) in [5, 5.41) is 11.0. The Hall–Kier alpha value is -0.240. The van der Waals surface area contributed by atoms with Gasteiger partial charge in [-0.25, -0.2) is 4.94 Å². The lowest BCUT2D eigenvalue weighted by molar-refractivity contribution is -0.869. The quantitative estimate of drug-likeness (QED) is 0.264. The summed E-state index contributed by atoms with van der Waals surface area (Å²) in [7, 11) is 1.68. The van der Waals surface area contributed by atoms with Gasteiger partial charge in [0.2, 0.25) is 0 Å². The summed E-state index contributed by atoms with van der Waals surface area (Å²) in [6.07, 6.45) is 0. The molecule has 1 fully saturated rings. The first kappa shape index (κ1) is 10.8. The molecule has 0 aromatic carbocycles. The zero-order valence-corrected chi connectivity index (χ0v) is 6.66. The van der Waals surface area contributed by atoms with E-state index in [1.54, 1.807) is 7.05 Å². The molecule has 1 heterocycles. The third kappa shape index (κ3) is 6.17. The average molecular weight is 165 g/mol. The molecule has 6 heteroatoms. The molecule has 0 atom stereocenters. The van der Waals surface area contributed by atoms with E-state index in [4.69, 9.17) is 4.74 Å². The molecule has 0 aliphatic carbocycles. The van der Waals surface area contributed by atoms with Crippen LogP contribution >= 0.6 is 0 Å². The molecule has 1 aliphatic heterocycles. The first-order valence-electron chi connectivity index (χ1n) is 3.31. The van der Waals surface area contributed by atoms with E-state index in [9.17, 15) is 5.21 Å². The molecule has 4 N–H and O–H groups in total. The van der Waals surface area contributed by atoms with Gasteiger partial charge in [0.1, 0.15) is 13.1 Å². The fourth-order valence-corrected chi connectivity index (χ4v) is 0.729. The van der Waals surface area contributed by atoms with Gasteiger partial charge in [-0.15, -0.1) is 0 Å². The SMILES string of the molecule is C[N+]1([O-])CCOCC1.NON. The minimum Gasteiger partial charge on any atom is -0.633 e. The van der Waals surface area contributed by atoms with Crippen LogP contribution in [0.5, 0.6) is 0 Å². The maximum atomic E-state index is 11.0. The van der Waals surface area contributed by atoms with E-state index < -0.39 is 0 Å². The Balaban J connectivity index is 0.000000292. The first-order valence-corrected chi connectivity index (χ1v) is 3.31. The fraction of sp³-hybridized carbons (Fsp3) is 1.00. The van der Waals surface area contributed by atoms with Crippen molar-refractivity contribution >= 4 is 0 Å². The molecule has 1 rings (SSSR count). The van der Waals surface area contributed by atoms with Crippen molar-refractivity contribution in [3.8, 4) is 0 Å². The predicted molar refractivity (Wildman–Crippen MR) is 39.6 cm³/mol. The highest BCUT2D eigenvalue weighted by Crippen LogP contribution is 2.02. The van der Waals surface area contributed by atoms with Crippen molar-refractivity contribution in [1.82, 2.24) is 0 Å². The van der Waals surface area contributed by atoms with E-state index in [2.05, 4.69) is 16.7 Å². The number of nitrogens with zero attached hydrogens (tertiary/aromatic N) is 1. The Morgan fingerprint density at radius 2 is 1.73 bits per heavy atom. The van der Waals surface area contributed by atoms with E-state index in [0.29, 0.717) is 26.3 Å². The van der Waals surface area contributed by atoms with Crippen molar-refractivity contribution in [1.29, 1.82) is 0 Å². The molecule has 0 aromatic rings. The van der Waals surface area contributed by atoms with Gasteiger partial charge in [0.15, 0.2) is 0 Å². The van der Waals surface area contributed by atoms with Crippen LogP contribution in [0.2, 0.25) is 0 Å². The normalized spacial score (nSPS) is 21.8. The molecule has 11 heavy (non-hydrogen) atoms. The van der Waals surface area contributed by atoms with Crippen LogP contribution in [-0.2, 0) is 9.68 Å². The number of hydroxylamine groups is 3. The second-order valence-electron chi connectivity index (χ2n) is 2.49. The largest absolute Gasteiger partial charge is 0.633 e. The zero-order chi connectivity index (χ0) is 8.74. The summed E-state index contributed by atoms with van der Waals surface area (Å²) in [6, 6.07) is 0. The van der Waals surface area contributed by atoms with E-state index in [1.165, 1.54) is 0 Å². The molecule has 0 aromatic heterocycles. The van der Waals surface area contributed by atoms with Gasteiger partial charge in [0.25, 0.3) is 0 Å². The lowest BCUT2D eigenvalue weighted by atomic mass is 10.4. The molecule has 0 unspecified atom stereocenters. The van der Waals surface area contributed by atoms with Crippen molar-refractivity contribution in [3.05, 3.63) is 5.21 Å². The molecule has 1 saturated heterocycles. The van der Waals surface area contributed by atoms with E-state index in [-0.39, 0.29) is 4.65 Å². The van der Waals surface area contributed by atoms with Crippen molar-refractivity contribution in [2.75, 3.05) is 33.4 Å². The summed E-state index contributed by atoms with van der Waals surface area (Å²) >= 11 is 0. The molecule has 6 nitrogen and oxygen atoms in total. The van der Waals surface area contributed by atoms with Crippen LogP contribution in [0.15, 0.2) is 0 Å². The average Bonchev–Trinajstić information content (AvgIpc) is 1.88. The maximum Gasteiger partial charge on any atom is 0.102 e. The first-order chi connectivity index (χ1) is 5.12. The lowest BCUT2D eigenvalue weighted by Gasteiger charge is -2.41. The lowest BCUT2D eigenvalue weighted by Crippen LogP contribution is -2.46. The van der Waals surface area contributed by atoms with Crippen LogP contribution in [0.4, 0.5) is 0 Å². The summed E-state index contributed by atoms with van der Waals surface area (Å²) in [5.74, 6) is 8.25. The van der Waals surface area contributed by atoms with Gasteiger partial charge >= 0.3 is 0 Å². The van der Waals surface area contributed by atoms with Crippen LogP contribution in [0, 0.1) is 5.21 Å². The maximum absolute atomic E-state index is 11.0. The van der Waals surface area contributed by atoms with Crippen LogP contribution < -0.4 is 11.8 Å². The molecular formula is C5H15N3O3. The topological polar surface area (TPSA) is 93.6 Å². The summed E-state index contributed by atoms with van der Waals surface area (Å²) < 4.78 is 4.86. The van der Waals surface area contributed by atoms with E-state index in [0.717, 1.165) is 0 Å². The highest BCUT2D eigenvalue weighted by Gasteiger charge is 2.13. The molecule has 1 aliphatic rings. The third-order valence-corrected chi connectivity index (χ3v) is 1.42. The van der Waals surface area contributed by atoms with Crippen molar-refractivity contribution in [2.24, 2.45) is 11.8 Å². The second kappa shape index (κ2) is 5.42. The van der Waals surface area contributed by atoms with Gasteiger partial charge in [0, 0.05) is 0 Å². The number of morpholine rings is 1. The minimum atomic E-state index is -0.125. The minimum absolute atomic E-state index is 0.125. The molecule has 0 amide bonds. The number of quaternary nitrogens is 1. The zero-order valence-electron chi connectivity index (χ0n) is 6.66. The molecule has 0 saturated carbocycles. The Bertz CT molecular complexity index is 91.0. The highest BCUT2D eigenvalue weighted by molar-refractivity contribution is 4.44. The van der Waals surface area contributed by atoms with Gasteiger partial charge in [-0.2, -0.15) is 11.8 Å². The molecule has 0 radical (unpaired) electrons. The summed E-state index contributed by atoms with van der Waals surface area (Å²) in [6.45, 7) is 2.47. The van der Waals surface area contributed by atoms with Crippen LogP contribution in [0.3, 0.4) is 0 Å². The van der Waals surface area contributed by atoms with Crippen LogP contribution in [0.1, 0.15) is 0 Å². The number of hydrogen-bond acceptors (Lipinski definition) is 5. The Morgan fingerprint density at radius 1 is 1.36 bits per heavy atom. The number of nitrogens with two attached hydrogens (primary N) is 2. The standard InChI is InChI=1S/C5H11NO2.H4N2O/c1-6(7)2-4-8-5-3-6;1-3-2/h2-5H2,1H3;1-2H2. The predicted octanol–water partition coefficient (Wildman–Crippen LogP) is -1.29. The monoisotopic (exact) mass is 165 g/mol. The van der Waals surface area contributed by atoms with Gasteiger partial charge in [0.05, 0.1) is 20.3 Å². The smallest absolute Gasteiger partial charge is 0.102 e. The van der Waals surface area contributed by atoms with Gasteiger partial charge < -0.3 is 14.6 Å². The molecular weight excluding hydrogens is 150 g/mol. The van der Waals surface area contributed by atoms with Gasteiger partial charge in [-0.1, -0.05) is 0 Å². The summed E-state index contributed by atoms with van der Waals surface area (Å²) in [5.41, 5.74) is 0. The highest BCUT2D eigenvalue weighted by atomic mass is 16.7. The number of likely N-dealkylation sites (N-methyl/N-ethyl adjacent to an activating group) is 1. The number of hydrogen-bond donors (Lipinski definition) is 2. The van der Waals surface area contributed by atoms with Gasteiger partial charge in [-0.3, -0.25) is 0 Å². The fourth-order valence-electron chi connectivity index (χ4n) is 0.729. The van der Waals surface area contributed by atoms with Crippen LogP contribution in [0.25, 0.3) is 0 Å². The van der Waals surface area contributed by atoms with Crippen molar-refractivity contribution in [3.63, 3.8) is 0 Å².